The van der Waals surface area contributed by atoms with Gasteiger partial charge < -0.3 is 30.7 Å². The molecule has 4 heterocycles. The Morgan fingerprint density at radius 2 is 2.17 bits per heavy atom. The molecule has 0 spiro atoms. The Morgan fingerprint density at radius 1 is 1.22 bits per heavy atom. The number of pyridine rings is 1. The Bertz CT molecular complexity index is 1240. The van der Waals surface area contributed by atoms with Gasteiger partial charge in [0.1, 0.15) is 23.3 Å². The monoisotopic (exact) mass is 487 g/mol. The summed E-state index contributed by atoms with van der Waals surface area (Å²) in [6.45, 7) is 7.03. The van der Waals surface area contributed by atoms with Gasteiger partial charge in [-0.2, -0.15) is 9.97 Å². The summed E-state index contributed by atoms with van der Waals surface area (Å²) < 4.78 is 11.3. The zero-order chi connectivity index (χ0) is 24.7. The zero-order valence-electron chi connectivity index (χ0n) is 19.9. The second kappa shape index (κ2) is 11.1. The average Bonchev–Trinajstić information content (AvgIpc) is 3.41. The number of carbonyl (C=O) groups excluding carboxylic acids is 1. The summed E-state index contributed by atoms with van der Waals surface area (Å²) >= 11 is 0. The lowest BCUT2D eigenvalue weighted by Crippen LogP contribution is -2.25. The first-order chi connectivity index (χ1) is 17.7. The molecule has 1 aromatic carbocycles. The van der Waals surface area contributed by atoms with E-state index in [4.69, 9.17) is 9.47 Å². The van der Waals surface area contributed by atoms with Gasteiger partial charge in [-0.05, 0) is 42.3 Å². The number of benzene rings is 1. The molecule has 2 aromatic heterocycles. The van der Waals surface area contributed by atoms with Crippen LogP contribution in [0.5, 0.6) is 5.88 Å². The topological polar surface area (TPSA) is 122 Å². The van der Waals surface area contributed by atoms with Crippen molar-refractivity contribution in [2.45, 2.75) is 25.5 Å². The van der Waals surface area contributed by atoms with Crippen LogP contribution in [0.4, 0.5) is 23.3 Å². The first-order valence-electron chi connectivity index (χ1n) is 12.0. The van der Waals surface area contributed by atoms with Gasteiger partial charge in [0.05, 0.1) is 13.2 Å². The molecule has 0 radical (unpaired) electrons. The molecule has 186 valence electrons. The largest absolute Gasteiger partial charge is 0.472 e. The molecule has 1 saturated heterocycles. The fourth-order valence-electron chi connectivity index (χ4n) is 4.10. The molecular formula is C26H29N7O3. The van der Waals surface area contributed by atoms with Crippen LogP contribution in [0.2, 0.25) is 0 Å². The van der Waals surface area contributed by atoms with Gasteiger partial charge in [-0.15, -0.1) is 6.58 Å². The van der Waals surface area contributed by atoms with E-state index in [1.165, 1.54) is 17.3 Å². The number of hydrogen-bond donors (Lipinski definition) is 4. The highest BCUT2D eigenvalue weighted by atomic mass is 16.5. The van der Waals surface area contributed by atoms with E-state index in [-0.39, 0.29) is 17.6 Å². The van der Waals surface area contributed by atoms with Gasteiger partial charge in [-0.1, -0.05) is 18.2 Å². The minimum Gasteiger partial charge on any atom is -0.472 e. The highest BCUT2D eigenvalue weighted by molar-refractivity contribution is 5.99. The van der Waals surface area contributed by atoms with Gasteiger partial charge in [0.25, 0.3) is 5.91 Å². The standard InChI is InChI=1S/C26H29N7O3/c1-2-10-28-25(34)21-15-29-26(30-19-7-6-17-8-11-27-14-18(17)13-19)33-24(21)32-22-4-3-5-23(31-22)36-20-9-12-35-16-20/h2-7,13,15,20,27H,1,8-12,14,16H2,(H,28,34)(H2,29,30,31,32,33). The third-order valence-corrected chi connectivity index (χ3v) is 5.93. The van der Waals surface area contributed by atoms with Gasteiger partial charge in [0.2, 0.25) is 11.8 Å². The summed E-state index contributed by atoms with van der Waals surface area (Å²) in [5, 5.41) is 12.6. The predicted octanol–water partition coefficient (Wildman–Crippen LogP) is 3.09. The number of nitrogens with one attached hydrogen (secondary N) is 4. The first kappa shape index (κ1) is 23.7. The van der Waals surface area contributed by atoms with Gasteiger partial charge in [-0.25, -0.2) is 4.98 Å². The number of nitrogens with zero attached hydrogens (tertiary/aromatic N) is 3. The molecule has 36 heavy (non-hydrogen) atoms. The van der Waals surface area contributed by atoms with Crippen molar-refractivity contribution in [2.24, 2.45) is 0 Å². The molecule has 3 aromatic rings. The molecule has 1 amide bonds. The van der Waals surface area contributed by atoms with Crippen molar-refractivity contribution in [2.75, 3.05) is 36.9 Å². The second-order valence-electron chi connectivity index (χ2n) is 8.58. The summed E-state index contributed by atoms with van der Waals surface area (Å²) in [4.78, 5) is 26.3. The van der Waals surface area contributed by atoms with Crippen molar-refractivity contribution in [3.8, 4) is 5.88 Å². The quantitative estimate of drug-likeness (QED) is 0.337. The van der Waals surface area contributed by atoms with E-state index in [0.29, 0.717) is 43.2 Å². The van der Waals surface area contributed by atoms with Gasteiger partial charge in [0.15, 0.2) is 0 Å². The maximum Gasteiger partial charge on any atom is 0.256 e. The Balaban J connectivity index is 1.39. The van der Waals surface area contributed by atoms with E-state index in [9.17, 15) is 4.79 Å². The van der Waals surface area contributed by atoms with Crippen LogP contribution < -0.4 is 26.0 Å². The smallest absolute Gasteiger partial charge is 0.256 e. The minimum atomic E-state index is -0.320. The van der Waals surface area contributed by atoms with E-state index in [1.54, 1.807) is 18.2 Å². The average molecular weight is 488 g/mol. The van der Waals surface area contributed by atoms with Gasteiger partial charge in [-0.3, -0.25) is 4.79 Å². The summed E-state index contributed by atoms with van der Waals surface area (Å²) in [7, 11) is 0. The SMILES string of the molecule is C=CCNC(=O)c1cnc(Nc2ccc3c(c2)CNCC3)nc1Nc1cccc(OC2CCOC2)n1. The van der Waals surface area contributed by atoms with E-state index in [1.807, 2.05) is 12.1 Å². The van der Waals surface area contributed by atoms with E-state index in [2.05, 4.69) is 54.9 Å². The number of amides is 1. The number of aromatic nitrogens is 3. The lowest BCUT2D eigenvalue weighted by Gasteiger charge is -2.18. The second-order valence-corrected chi connectivity index (χ2v) is 8.58. The number of carbonyl (C=O) groups is 1. The lowest BCUT2D eigenvalue weighted by molar-refractivity contribution is 0.0958. The highest BCUT2D eigenvalue weighted by Crippen LogP contribution is 2.25. The van der Waals surface area contributed by atoms with Crippen LogP contribution in [0.3, 0.4) is 0 Å². The van der Waals surface area contributed by atoms with Crippen LogP contribution in [0.25, 0.3) is 0 Å². The molecular weight excluding hydrogens is 458 g/mol. The summed E-state index contributed by atoms with van der Waals surface area (Å²) in [6.07, 6.45) is 4.92. The van der Waals surface area contributed by atoms with Crippen molar-refractivity contribution < 1.29 is 14.3 Å². The molecule has 1 atom stereocenters. The van der Waals surface area contributed by atoms with E-state index < -0.39 is 0 Å². The maximum absolute atomic E-state index is 12.8. The van der Waals surface area contributed by atoms with Crippen LogP contribution in [-0.4, -0.2) is 53.3 Å². The summed E-state index contributed by atoms with van der Waals surface area (Å²) in [5.41, 5.74) is 3.75. The lowest BCUT2D eigenvalue weighted by atomic mass is 10.0. The fraction of sp³-hybridized carbons (Fsp3) is 0.308. The Labute approximate surface area is 209 Å². The van der Waals surface area contributed by atoms with Crippen molar-refractivity contribution in [1.29, 1.82) is 0 Å². The molecule has 4 N–H and O–H groups in total. The molecule has 1 unspecified atom stereocenters. The minimum absolute atomic E-state index is 0.0188. The zero-order valence-corrected chi connectivity index (χ0v) is 19.9. The highest BCUT2D eigenvalue weighted by Gasteiger charge is 2.19. The van der Waals surface area contributed by atoms with Crippen molar-refractivity contribution in [3.05, 3.63) is 71.9 Å². The summed E-state index contributed by atoms with van der Waals surface area (Å²) in [6, 6.07) is 11.6. The van der Waals surface area contributed by atoms with E-state index in [0.717, 1.165) is 31.6 Å². The maximum atomic E-state index is 12.8. The van der Waals surface area contributed by atoms with Crippen LogP contribution in [0.1, 0.15) is 27.9 Å². The molecule has 0 bridgehead atoms. The number of hydrogen-bond acceptors (Lipinski definition) is 9. The molecule has 2 aliphatic rings. The summed E-state index contributed by atoms with van der Waals surface area (Å²) in [5.74, 6) is 1.33. The number of ether oxygens (including phenoxy) is 2. The predicted molar refractivity (Wildman–Crippen MR) is 137 cm³/mol. The Hall–Kier alpha value is -4.02. The molecule has 0 saturated carbocycles. The van der Waals surface area contributed by atoms with Crippen molar-refractivity contribution in [1.82, 2.24) is 25.6 Å². The molecule has 1 fully saturated rings. The van der Waals surface area contributed by atoms with E-state index >= 15 is 0 Å². The number of anilines is 4. The Kier molecular flexibility index (Phi) is 7.34. The molecule has 5 rings (SSSR count). The van der Waals surface area contributed by atoms with Gasteiger partial charge >= 0.3 is 0 Å². The van der Waals surface area contributed by atoms with Crippen LogP contribution >= 0.6 is 0 Å². The van der Waals surface area contributed by atoms with Crippen molar-refractivity contribution >= 4 is 29.2 Å². The number of rotatable bonds is 9. The molecule has 2 aliphatic heterocycles. The van der Waals surface area contributed by atoms with Crippen LogP contribution in [-0.2, 0) is 17.7 Å². The van der Waals surface area contributed by atoms with Crippen molar-refractivity contribution in [3.63, 3.8) is 0 Å². The number of fused-ring (bicyclic) bond motifs is 1. The molecule has 0 aliphatic carbocycles. The van der Waals surface area contributed by atoms with Crippen LogP contribution in [0, 0.1) is 0 Å². The molecule has 10 nitrogen and oxygen atoms in total. The fourth-order valence-corrected chi connectivity index (χ4v) is 4.10. The Morgan fingerprint density at radius 3 is 3.03 bits per heavy atom. The molecule has 10 heteroatoms. The van der Waals surface area contributed by atoms with Gasteiger partial charge in [0, 0.05) is 37.5 Å². The third kappa shape index (κ3) is 5.78. The normalized spacial score (nSPS) is 16.6. The third-order valence-electron chi connectivity index (χ3n) is 5.93. The first-order valence-corrected chi connectivity index (χ1v) is 12.0. The van der Waals surface area contributed by atoms with Crippen LogP contribution in [0.15, 0.2) is 55.3 Å².